The predicted molar refractivity (Wildman–Crippen MR) is 104 cm³/mol. The van der Waals surface area contributed by atoms with Crippen molar-refractivity contribution in [2.45, 2.75) is 32.7 Å². The number of carbonyl (C=O) groups is 1. The molecule has 0 saturated carbocycles. The number of hydrogen-bond donors (Lipinski definition) is 1. The molecule has 3 aromatic rings. The highest BCUT2D eigenvalue weighted by Crippen LogP contribution is 2.41. The van der Waals surface area contributed by atoms with Gasteiger partial charge in [-0.05, 0) is 54.7 Å². The van der Waals surface area contributed by atoms with Crippen molar-refractivity contribution < 1.29 is 13.6 Å². The highest BCUT2D eigenvalue weighted by Gasteiger charge is 2.35. The SMILES string of the molecule is CC1(C)Cc2c(cnn2-c2cccc(F)c2)C(NC(=O)/C=C/c2ccco2)C1. The standard InChI is InChI=1S/C22H22FN3O2/c1-22(2)12-19(25-21(27)9-8-17-7-4-10-28-17)18-14-24-26(20(18)13-22)16-6-3-5-15(23)11-16/h3-11,14,19H,12-13H2,1-2H3,(H,25,27)/b9-8+. The third kappa shape index (κ3) is 3.76. The first-order valence-corrected chi connectivity index (χ1v) is 9.26. The van der Waals surface area contributed by atoms with Crippen LogP contribution >= 0.6 is 0 Å². The zero-order valence-electron chi connectivity index (χ0n) is 15.9. The minimum absolute atomic E-state index is 0.0270. The topological polar surface area (TPSA) is 60.1 Å². The summed E-state index contributed by atoms with van der Waals surface area (Å²) in [4.78, 5) is 12.4. The summed E-state index contributed by atoms with van der Waals surface area (Å²) >= 11 is 0. The maximum absolute atomic E-state index is 13.7. The van der Waals surface area contributed by atoms with Crippen LogP contribution in [0, 0.1) is 11.2 Å². The van der Waals surface area contributed by atoms with E-state index >= 15 is 0 Å². The van der Waals surface area contributed by atoms with E-state index < -0.39 is 0 Å². The second kappa shape index (κ2) is 7.11. The second-order valence-corrected chi connectivity index (χ2v) is 7.89. The molecular weight excluding hydrogens is 357 g/mol. The van der Waals surface area contributed by atoms with Crippen molar-refractivity contribution in [2.75, 3.05) is 0 Å². The van der Waals surface area contributed by atoms with Crippen molar-refractivity contribution in [1.29, 1.82) is 0 Å². The van der Waals surface area contributed by atoms with Crippen LogP contribution in [0.3, 0.4) is 0 Å². The average molecular weight is 379 g/mol. The van der Waals surface area contributed by atoms with Gasteiger partial charge >= 0.3 is 0 Å². The van der Waals surface area contributed by atoms with Gasteiger partial charge in [0.25, 0.3) is 0 Å². The maximum atomic E-state index is 13.7. The lowest BCUT2D eigenvalue weighted by Crippen LogP contribution is -2.36. The van der Waals surface area contributed by atoms with Gasteiger partial charge in [-0.2, -0.15) is 5.10 Å². The molecule has 1 amide bonds. The molecule has 1 aliphatic carbocycles. The summed E-state index contributed by atoms with van der Waals surface area (Å²) in [5, 5.41) is 7.56. The first kappa shape index (κ1) is 18.2. The van der Waals surface area contributed by atoms with Crippen LogP contribution in [-0.4, -0.2) is 15.7 Å². The lowest BCUT2D eigenvalue weighted by Gasteiger charge is -2.35. The molecule has 28 heavy (non-hydrogen) atoms. The Labute approximate surface area is 162 Å². The number of furan rings is 1. The molecule has 1 N–H and O–H groups in total. The molecule has 0 bridgehead atoms. The van der Waals surface area contributed by atoms with Crippen LogP contribution in [0.4, 0.5) is 4.39 Å². The Morgan fingerprint density at radius 3 is 2.96 bits per heavy atom. The number of amides is 1. The highest BCUT2D eigenvalue weighted by molar-refractivity contribution is 5.91. The molecule has 4 rings (SSSR count). The van der Waals surface area contributed by atoms with E-state index in [1.54, 1.807) is 41.4 Å². The quantitative estimate of drug-likeness (QED) is 0.682. The Bertz CT molecular complexity index is 1020. The molecule has 1 atom stereocenters. The molecule has 1 aliphatic rings. The number of benzene rings is 1. The number of nitrogens with one attached hydrogen (secondary N) is 1. The van der Waals surface area contributed by atoms with Crippen molar-refractivity contribution in [3.63, 3.8) is 0 Å². The van der Waals surface area contributed by atoms with Crippen molar-refractivity contribution in [3.8, 4) is 5.69 Å². The van der Waals surface area contributed by atoms with Crippen molar-refractivity contribution in [1.82, 2.24) is 15.1 Å². The molecule has 0 spiro atoms. The zero-order valence-corrected chi connectivity index (χ0v) is 15.9. The molecule has 0 aliphatic heterocycles. The van der Waals surface area contributed by atoms with E-state index in [9.17, 15) is 9.18 Å². The fourth-order valence-electron chi connectivity index (χ4n) is 3.77. The molecule has 5 nitrogen and oxygen atoms in total. The fourth-order valence-corrected chi connectivity index (χ4v) is 3.77. The number of aromatic nitrogens is 2. The fraction of sp³-hybridized carbons (Fsp3) is 0.273. The average Bonchev–Trinajstić information content (AvgIpc) is 3.28. The molecule has 1 aromatic carbocycles. The number of carbonyl (C=O) groups excluding carboxylic acids is 1. The van der Waals surface area contributed by atoms with Crippen LogP contribution < -0.4 is 5.32 Å². The summed E-state index contributed by atoms with van der Waals surface area (Å²) in [6.07, 6.45) is 8.05. The summed E-state index contributed by atoms with van der Waals surface area (Å²) in [7, 11) is 0. The van der Waals surface area contributed by atoms with Crippen LogP contribution in [0.5, 0.6) is 0 Å². The van der Waals surface area contributed by atoms with Gasteiger partial charge in [0, 0.05) is 11.6 Å². The zero-order chi connectivity index (χ0) is 19.7. The summed E-state index contributed by atoms with van der Waals surface area (Å²) < 4.78 is 20.7. The lowest BCUT2D eigenvalue weighted by atomic mass is 9.74. The number of hydrogen-bond acceptors (Lipinski definition) is 3. The first-order valence-electron chi connectivity index (χ1n) is 9.26. The van der Waals surface area contributed by atoms with Crippen LogP contribution in [0.2, 0.25) is 0 Å². The lowest BCUT2D eigenvalue weighted by molar-refractivity contribution is -0.117. The Kier molecular flexibility index (Phi) is 4.63. The monoisotopic (exact) mass is 379 g/mol. The number of halogens is 1. The molecule has 2 aromatic heterocycles. The Morgan fingerprint density at radius 2 is 2.21 bits per heavy atom. The van der Waals surface area contributed by atoms with Crippen LogP contribution in [0.15, 0.2) is 59.4 Å². The molecule has 0 saturated heterocycles. The normalized spacial score (nSPS) is 18.2. The Morgan fingerprint density at radius 1 is 1.36 bits per heavy atom. The van der Waals surface area contributed by atoms with Gasteiger partial charge in [-0.25, -0.2) is 9.07 Å². The van der Waals surface area contributed by atoms with E-state index in [0.717, 1.165) is 24.1 Å². The summed E-state index contributed by atoms with van der Waals surface area (Å²) in [5.74, 6) is 0.132. The number of rotatable bonds is 4. The molecule has 6 heteroatoms. The third-order valence-electron chi connectivity index (χ3n) is 4.99. The second-order valence-electron chi connectivity index (χ2n) is 7.89. The smallest absolute Gasteiger partial charge is 0.244 e. The number of fused-ring (bicyclic) bond motifs is 1. The van der Waals surface area contributed by atoms with Gasteiger partial charge in [0.15, 0.2) is 0 Å². The van der Waals surface area contributed by atoms with Crippen molar-refractivity contribution in [3.05, 3.63) is 77.8 Å². The van der Waals surface area contributed by atoms with Crippen molar-refractivity contribution >= 4 is 12.0 Å². The van der Waals surface area contributed by atoms with Gasteiger partial charge < -0.3 is 9.73 Å². The molecule has 0 radical (unpaired) electrons. The van der Waals surface area contributed by atoms with Crippen molar-refractivity contribution in [2.24, 2.45) is 5.41 Å². The van der Waals surface area contributed by atoms with Crippen LogP contribution in [0.25, 0.3) is 11.8 Å². The largest absolute Gasteiger partial charge is 0.465 e. The Balaban J connectivity index is 1.61. The molecule has 144 valence electrons. The molecule has 1 unspecified atom stereocenters. The van der Waals surface area contributed by atoms with Gasteiger partial charge in [-0.1, -0.05) is 19.9 Å². The van der Waals surface area contributed by atoms with E-state index in [0.29, 0.717) is 11.4 Å². The summed E-state index contributed by atoms with van der Waals surface area (Å²) in [5.41, 5.74) is 2.63. The van der Waals surface area contributed by atoms with Crippen LogP contribution in [-0.2, 0) is 11.2 Å². The van der Waals surface area contributed by atoms with Gasteiger partial charge in [-0.3, -0.25) is 4.79 Å². The van der Waals surface area contributed by atoms with E-state index in [2.05, 4.69) is 24.3 Å². The molecule has 0 fully saturated rings. The number of nitrogens with zero attached hydrogens (tertiary/aromatic N) is 2. The van der Waals surface area contributed by atoms with E-state index in [1.807, 2.05) is 6.07 Å². The van der Waals surface area contributed by atoms with Gasteiger partial charge in [0.1, 0.15) is 11.6 Å². The molecular formula is C22H22FN3O2. The highest BCUT2D eigenvalue weighted by atomic mass is 19.1. The molecule has 2 heterocycles. The van der Waals surface area contributed by atoms with E-state index in [-0.39, 0.29) is 23.2 Å². The van der Waals surface area contributed by atoms with E-state index in [4.69, 9.17) is 4.42 Å². The maximum Gasteiger partial charge on any atom is 0.244 e. The summed E-state index contributed by atoms with van der Waals surface area (Å²) in [6, 6.07) is 9.79. The minimum Gasteiger partial charge on any atom is -0.465 e. The Hall–Kier alpha value is -3.15. The van der Waals surface area contributed by atoms with Gasteiger partial charge in [0.05, 0.1) is 29.9 Å². The minimum atomic E-state index is -0.301. The third-order valence-corrected chi connectivity index (χ3v) is 4.99. The van der Waals surface area contributed by atoms with Crippen LogP contribution in [0.1, 0.15) is 43.3 Å². The van der Waals surface area contributed by atoms with Gasteiger partial charge in [-0.15, -0.1) is 0 Å². The predicted octanol–water partition coefficient (Wildman–Crippen LogP) is 4.45. The van der Waals surface area contributed by atoms with Gasteiger partial charge in [0.2, 0.25) is 5.91 Å². The first-order chi connectivity index (χ1) is 13.4. The van der Waals surface area contributed by atoms with E-state index in [1.165, 1.54) is 18.2 Å². The summed E-state index contributed by atoms with van der Waals surface area (Å²) in [6.45, 7) is 4.33.